The maximum absolute atomic E-state index is 11.0. The molecule has 1 aromatic heterocycles. The topological polar surface area (TPSA) is 55.3 Å². The highest BCUT2D eigenvalue weighted by Crippen LogP contribution is 2.05. The molecule has 0 spiro atoms. The quantitative estimate of drug-likeness (QED) is 0.647. The number of hydrogen-bond donors (Lipinski definition) is 0. The van der Waals surface area contributed by atoms with E-state index in [9.17, 15) is 4.79 Å². The fourth-order valence-electron chi connectivity index (χ4n) is 0.916. The summed E-state index contributed by atoms with van der Waals surface area (Å²) in [6.45, 7) is 0. The van der Waals surface area contributed by atoms with E-state index in [2.05, 4.69) is 14.7 Å². The van der Waals surface area contributed by atoms with Crippen molar-refractivity contribution >= 4 is 11.8 Å². The highest BCUT2D eigenvalue weighted by Gasteiger charge is 2.06. The van der Waals surface area contributed by atoms with Crippen molar-refractivity contribution < 1.29 is 9.53 Å². The van der Waals surface area contributed by atoms with Gasteiger partial charge in [-0.1, -0.05) is 0 Å². The Morgan fingerprint density at radius 1 is 1.50 bits per heavy atom. The molecule has 0 N–H and O–H groups in total. The van der Waals surface area contributed by atoms with Gasteiger partial charge in [0.25, 0.3) is 0 Å². The molecule has 1 heterocycles. The van der Waals surface area contributed by atoms with Gasteiger partial charge in [-0.2, -0.15) is 0 Å². The van der Waals surface area contributed by atoms with Crippen LogP contribution in [0.2, 0.25) is 0 Å². The van der Waals surface area contributed by atoms with Crippen LogP contribution >= 0.6 is 0 Å². The maximum atomic E-state index is 11.0. The fraction of sp³-hybridized carbons (Fsp3) is 0.444. The van der Waals surface area contributed by atoms with Gasteiger partial charge in [0.2, 0.25) is 0 Å². The molecule has 0 aliphatic heterocycles. The molecule has 76 valence electrons. The van der Waals surface area contributed by atoms with E-state index in [1.54, 1.807) is 12.4 Å². The van der Waals surface area contributed by atoms with Gasteiger partial charge in [0, 0.05) is 20.3 Å². The zero-order chi connectivity index (χ0) is 10.6. The van der Waals surface area contributed by atoms with E-state index in [1.807, 2.05) is 19.0 Å². The molecular formula is C9H13N3O2. The van der Waals surface area contributed by atoms with Crippen molar-refractivity contribution in [2.45, 2.75) is 6.42 Å². The molecule has 0 atom stereocenters. The van der Waals surface area contributed by atoms with Gasteiger partial charge in [0.05, 0.1) is 25.4 Å². The molecule has 0 radical (unpaired) electrons. The maximum Gasteiger partial charge on any atom is 0.311 e. The second-order valence-corrected chi connectivity index (χ2v) is 3.02. The van der Waals surface area contributed by atoms with E-state index in [-0.39, 0.29) is 12.4 Å². The molecule has 0 amide bonds. The summed E-state index contributed by atoms with van der Waals surface area (Å²) in [5, 5.41) is 0. The predicted octanol–water partition coefficient (Wildman–Crippen LogP) is 0.258. The number of nitrogens with zero attached hydrogens (tertiary/aromatic N) is 3. The molecule has 5 heteroatoms. The number of anilines is 1. The van der Waals surface area contributed by atoms with Crippen molar-refractivity contribution in [1.82, 2.24) is 9.97 Å². The second kappa shape index (κ2) is 4.55. The van der Waals surface area contributed by atoms with Gasteiger partial charge in [0.15, 0.2) is 0 Å². The molecule has 0 unspecified atom stereocenters. The Morgan fingerprint density at radius 2 is 2.21 bits per heavy atom. The summed E-state index contributed by atoms with van der Waals surface area (Å²) in [6.07, 6.45) is 3.36. The first-order valence-electron chi connectivity index (χ1n) is 4.18. The molecule has 1 aromatic rings. The van der Waals surface area contributed by atoms with Crippen LogP contribution in [0.25, 0.3) is 0 Å². The summed E-state index contributed by atoms with van der Waals surface area (Å²) in [5.41, 5.74) is 0.614. The largest absolute Gasteiger partial charge is 0.469 e. The van der Waals surface area contributed by atoms with Crippen LogP contribution in [-0.4, -0.2) is 37.1 Å². The SMILES string of the molecule is COC(=O)Cc1cncc(N(C)C)n1. The number of rotatable bonds is 3. The molecule has 0 aromatic carbocycles. The van der Waals surface area contributed by atoms with Crippen molar-refractivity contribution in [3.63, 3.8) is 0 Å². The van der Waals surface area contributed by atoms with Gasteiger partial charge >= 0.3 is 5.97 Å². The molecule has 14 heavy (non-hydrogen) atoms. The van der Waals surface area contributed by atoms with E-state index < -0.39 is 0 Å². The normalized spacial score (nSPS) is 9.64. The molecule has 0 bridgehead atoms. The Kier molecular flexibility index (Phi) is 3.39. The van der Waals surface area contributed by atoms with Crippen molar-refractivity contribution in [3.8, 4) is 0 Å². The standard InChI is InChI=1S/C9H13N3O2/c1-12(2)8-6-10-5-7(11-8)4-9(13)14-3/h5-6H,4H2,1-3H3. The third kappa shape index (κ3) is 2.69. The number of carbonyl (C=O) groups excluding carboxylic acids is 1. The molecule has 0 aliphatic carbocycles. The number of carbonyl (C=O) groups is 1. The molecule has 0 fully saturated rings. The number of methoxy groups -OCH3 is 1. The second-order valence-electron chi connectivity index (χ2n) is 3.02. The van der Waals surface area contributed by atoms with Crippen LogP contribution in [0, 0.1) is 0 Å². The Bertz CT molecular complexity index is 326. The molecule has 5 nitrogen and oxygen atoms in total. The Morgan fingerprint density at radius 3 is 2.79 bits per heavy atom. The number of hydrogen-bond acceptors (Lipinski definition) is 5. The van der Waals surface area contributed by atoms with Gasteiger partial charge < -0.3 is 9.64 Å². The number of aromatic nitrogens is 2. The predicted molar refractivity (Wildman–Crippen MR) is 52.1 cm³/mol. The minimum atomic E-state index is -0.310. The minimum Gasteiger partial charge on any atom is -0.469 e. The van der Waals surface area contributed by atoms with Crippen LogP contribution in [0.5, 0.6) is 0 Å². The molecule has 0 saturated carbocycles. The lowest BCUT2D eigenvalue weighted by Gasteiger charge is -2.10. The highest BCUT2D eigenvalue weighted by atomic mass is 16.5. The first-order chi connectivity index (χ1) is 6.63. The van der Waals surface area contributed by atoms with Gasteiger partial charge in [-0.15, -0.1) is 0 Å². The van der Waals surface area contributed by atoms with E-state index in [4.69, 9.17) is 0 Å². The Hall–Kier alpha value is -1.65. The van der Waals surface area contributed by atoms with Crippen LogP contribution in [0.4, 0.5) is 5.82 Å². The zero-order valence-electron chi connectivity index (χ0n) is 8.52. The first-order valence-corrected chi connectivity index (χ1v) is 4.18. The monoisotopic (exact) mass is 195 g/mol. The first kappa shape index (κ1) is 10.4. The van der Waals surface area contributed by atoms with E-state index in [0.717, 1.165) is 5.82 Å². The van der Waals surface area contributed by atoms with Gasteiger partial charge in [-0.25, -0.2) is 4.98 Å². The fourth-order valence-corrected chi connectivity index (χ4v) is 0.916. The summed E-state index contributed by atoms with van der Waals surface area (Å²) >= 11 is 0. The van der Waals surface area contributed by atoms with Gasteiger partial charge in [-0.3, -0.25) is 9.78 Å². The average molecular weight is 195 g/mol. The summed E-state index contributed by atoms with van der Waals surface area (Å²) in [4.78, 5) is 21.0. The van der Waals surface area contributed by atoms with Gasteiger partial charge in [0.1, 0.15) is 5.82 Å². The smallest absolute Gasteiger partial charge is 0.311 e. The molecule has 0 aliphatic rings. The third-order valence-corrected chi connectivity index (χ3v) is 1.68. The summed E-state index contributed by atoms with van der Waals surface area (Å²) < 4.78 is 4.53. The average Bonchev–Trinajstić information content (AvgIpc) is 2.18. The number of ether oxygens (including phenoxy) is 1. The summed E-state index contributed by atoms with van der Waals surface area (Å²) in [7, 11) is 5.09. The Balaban J connectivity index is 2.78. The van der Waals surface area contributed by atoms with Crippen molar-refractivity contribution in [3.05, 3.63) is 18.1 Å². The van der Waals surface area contributed by atoms with Crippen molar-refractivity contribution in [2.75, 3.05) is 26.1 Å². The highest BCUT2D eigenvalue weighted by molar-refractivity contribution is 5.71. The lowest BCUT2D eigenvalue weighted by molar-refractivity contribution is -0.139. The molecule has 0 saturated heterocycles. The van der Waals surface area contributed by atoms with Crippen LogP contribution in [0.1, 0.15) is 5.69 Å². The summed E-state index contributed by atoms with van der Waals surface area (Å²) in [6, 6.07) is 0. The van der Waals surface area contributed by atoms with E-state index in [0.29, 0.717) is 5.69 Å². The Labute approximate surface area is 82.7 Å². The van der Waals surface area contributed by atoms with Crippen LogP contribution < -0.4 is 4.90 Å². The van der Waals surface area contributed by atoms with Crippen molar-refractivity contribution in [2.24, 2.45) is 0 Å². The zero-order valence-corrected chi connectivity index (χ0v) is 8.52. The lowest BCUT2D eigenvalue weighted by atomic mass is 10.3. The molecular weight excluding hydrogens is 182 g/mol. The van der Waals surface area contributed by atoms with Crippen molar-refractivity contribution in [1.29, 1.82) is 0 Å². The van der Waals surface area contributed by atoms with E-state index in [1.165, 1.54) is 7.11 Å². The summed E-state index contributed by atoms with van der Waals surface area (Å²) in [5.74, 6) is 0.418. The molecule has 1 rings (SSSR count). The van der Waals surface area contributed by atoms with Crippen LogP contribution in [0.3, 0.4) is 0 Å². The van der Waals surface area contributed by atoms with E-state index >= 15 is 0 Å². The number of esters is 1. The third-order valence-electron chi connectivity index (χ3n) is 1.68. The minimum absolute atomic E-state index is 0.158. The van der Waals surface area contributed by atoms with Gasteiger partial charge in [-0.05, 0) is 0 Å². The lowest BCUT2D eigenvalue weighted by Crippen LogP contribution is -2.13. The van der Waals surface area contributed by atoms with Crippen LogP contribution in [-0.2, 0) is 16.0 Å². The van der Waals surface area contributed by atoms with Crippen LogP contribution in [0.15, 0.2) is 12.4 Å².